The van der Waals surface area contributed by atoms with Crippen molar-refractivity contribution in [2.75, 3.05) is 6.54 Å². The summed E-state index contributed by atoms with van der Waals surface area (Å²) in [6.07, 6.45) is 1.95. The fourth-order valence-electron chi connectivity index (χ4n) is 3.22. The van der Waals surface area contributed by atoms with Gasteiger partial charge in [0.05, 0.1) is 16.5 Å². The number of sulfonamides is 1. The van der Waals surface area contributed by atoms with Crippen molar-refractivity contribution in [3.8, 4) is 6.07 Å². The van der Waals surface area contributed by atoms with Gasteiger partial charge in [0.15, 0.2) is 0 Å². The number of benzene rings is 2. The molecule has 0 aliphatic heterocycles. The van der Waals surface area contributed by atoms with Gasteiger partial charge in [0.1, 0.15) is 0 Å². The van der Waals surface area contributed by atoms with Crippen LogP contribution in [0.1, 0.15) is 21.9 Å². The monoisotopic (exact) mass is 407 g/mol. The highest BCUT2D eigenvalue weighted by molar-refractivity contribution is 7.89. The molecule has 1 atom stereocenters. The van der Waals surface area contributed by atoms with Crippen molar-refractivity contribution >= 4 is 32.3 Å². The number of rotatable bonds is 6. The minimum Gasteiger partial charge on any atom is -0.361 e. The largest absolute Gasteiger partial charge is 0.361 e. The van der Waals surface area contributed by atoms with Crippen LogP contribution >= 0.6 is 11.3 Å². The second-order valence-corrected chi connectivity index (χ2v) is 9.09. The summed E-state index contributed by atoms with van der Waals surface area (Å²) in [6.45, 7) is 0.241. The molecule has 2 heterocycles. The van der Waals surface area contributed by atoms with Crippen LogP contribution in [0, 0.1) is 11.3 Å². The molecule has 1 unspecified atom stereocenters. The number of hydrogen-bond acceptors (Lipinski definition) is 4. The van der Waals surface area contributed by atoms with E-state index in [1.807, 2.05) is 54.0 Å². The number of H-pyrrole nitrogens is 1. The van der Waals surface area contributed by atoms with E-state index in [4.69, 9.17) is 5.26 Å². The van der Waals surface area contributed by atoms with Crippen LogP contribution in [0.2, 0.25) is 0 Å². The maximum absolute atomic E-state index is 12.7. The molecule has 0 bridgehead atoms. The minimum atomic E-state index is -3.68. The third-order valence-electron chi connectivity index (χ3n) is 4.65. The maximum atomic E-state index is 12.7. The summed E-state index contributed by atoms with van der Waals surface area (Å²) in [4.78, 5) is 4.51. The Balaban J connectivity index is 1.64. The summed E-state index contributed by atoms with van der Waals surface area (Å²) in [5.41, 5.74) is 2.50. The zero-order valence-electron chi connectivity index (χ0n) is 14.8. The second kappa shape index (κ2) is 7.60. The Morgan fingerprint density at radius 2 is 1.86 bits per heavy atom. The van der Waals surface area contributed by atoms with Crippen LogP contribution in [-0.2, 0) is 10.0 Å². The Morgan fingerprint density at radius 1 is 1.07 bits per heavy atom. The summed E-state index contributed by atoms with van der Waals surface area (Å²) in [7, 11) is -3.68. The molecular formula is C21H17N3O2S2. The molecule has 28 heavy (non-hydrogen) atoms. The van der Waals surface area contributed by atoms with E-state index in [-0.39, 0.29) is 17.4 Å². The summed E-state index contributed by atoms with van der Waals surface area (Å²) < 4.78 is 28.2. The van der Waals surface area contributed by atoms with Gasteiger partial charge >= 0.3 is 0 Å². The number of para-hydroxylation sites is 1. The smallest absolute Gasteiger partial charge is 0.240 e. The summed E-state index contributed by atoms with van der Waals surface area (Å²) in [5.74, 6) is -0.107. The van der Waals surface area contributed by atoms with Gasteiger partial charge in [0.25, 0.3) is 0 Å². The Morgan fingerprint density at radius 3 is 2.57 bits per heavy atom. The highest BCUT2D eigenvalue weighted by Gasteiger charge is 2.22. The van der Waals surface area contributed by atoms with Gasteiger partial charge in [0, 0.05) is 34.4 Å². The lowest BCUT2D eigenvalue weighted by Gasteiger charge is -2.16. The molecule has 5 nitrogen and oxygen atoms in total. The van der Waals surface area contributed by atoms with Crippen molar-refractivity contribution in [3.63, 3.8) is 0 Å². The van der Waals surface area contributed by atoms with Gasteiger partial charge in [-0.05, 0) is 47.3 Å². The molecule has 0 spiro atoms. The lowest BCUT2D eigenvalue weighted by Crippen LogP contribution is -2.28. The zero-order valence-corrected chi connectivity index (χ0v) is 16.4. The third kappa shape index (κ3) is 3.58. The zero-order chi connectivity index (χ0) is 19.6. The van der Waals surface area contributed by atoms with Crippen LogP contribution in [0.15, 0.2) is 77.1 Å². The SMILES string of the molecule is N#Cc1ccc(S(=O)(=O)NCC(c2cccs2)c2c[nH]c3ccccc23)cc1. The van der Waals surface area contributed by atoms with E-state index >= 15 is 0 Å². The average Bonchev–Trinajstić information content (AvgIpc) is 3.39. The predicted molar refractivity (Wildman–Crippen MR) is 111 cm³/mol. The molecule has 0 aliphatic rings. The molecule has 7 heteroatoms. The second-order valence-electron chi connectivity index (χ2n) is 6.35. The highest BCUT2D eigenvalue weighted by atomic mass is 32.2. The fourth-order valence-corrected chi connectivity index (χ4v) is 5.11. The molecule has 0 fully saturated rings. The van der Waals surface area contributed by atoms with Crippen LogP contribution in [0.25, 0.3) is 10.9 Å². The first-order valence-electron chi connectivity index (χ1n) is 8.68. The fraction of sp³-hybridized carbons (Fsp3) is 0.0952. The Hall–Kier alpha value is -2.92. The van der Waals surface area contributed by atoms with Crippen LogP contribution in [-0.4, -0.2) is 19.9 Å². The molecule has 0 radical (unpaired) electrons. The van der Waals surface area contributed by atoms with Gasteiger partial charge in [-0.3, -0.25) is 0 Å². The molecule has 0 saturated heterocycles. The standard InChI is InChI=1S/C21H17N3O2S2/c22-12-15-7-9-16(10-8-15)28(25,26)24-14-19(21-6-3-11-27-21)18-13-23-20-5-2-1-4-17(18)20/h1-11,13,19,23-24H,14H2. The number of nitriles is 1. The first-order chi connectivity index (χ1) is 13.6. The summed E-state index contributed by atoms with van der Waals surface area (Å²) in [6, 6.07) is 19.9. The Bertz CT molecular complexity index is 1240. The molecule has 0 saturated carbocycles. The molecule has 0 amide bonds. The van der Waals surface area contributed by atoms with Crippen LogP contribution in [0.3, 0.4) is 0 Å². The molecule has 2 aromatic heterocycles. The van der Waals surface area contributed by atoms with E-state index in [0.717, 1.165) is 21.3 Å². The molecule has 4 rings (SSSR count). The number of thiophene rings is 1. The average molecular weight is 408 g/mol. The van der Waals surface area contributed by atoms with Crippen molar-refractivity contribution in [3.05, 3.63) is 88.2 Å². The van der Waals surface area contributed by atoms with E-state index < -0.39 is 10.0 Å². The predicted octanol–water partition coefficient (Wildman–Crippen LogP) is 4.21. The van der Waals surface area contributed by atoms with Crippen molar-refractivity contribution in [1.82, 2.24) is 9.71 Å². The molecule has 0 aliphatic carbocycles. The van der Waals surface area contributed by atoms with Gasteiger partial charge < -0.3 is 4.98 Å². The molecule has 140 valence electrons. The number of nitrogens with one attached hydrogen (secondary N) is 2. The number of aromatic nitrogens is 1. The number of nitrogens with zero attached hydrogens (tertiary/aromatic N) is 1. The first kappa shape index (κ1) is 18.4. The summed E-state index contributed by atoms with van der Waals surface area (Å²) in [5, 5.41) is 12.0. The van der Waals surface area contributed by atoms with E-state index in [9.17, 15) is 8.42 Å². The normalized spacial score (nSPS) is 12.7. The van der Waals surface area contributed by atoms with Gasteiger partial charge in [-0.1, -0.05) is 24.3 Å². The van der Waals surface area contributed by atoms with Gasteiger partial charge in [-0.15, -0.1) is 11.3 Å². The van der Waals surface area contributed by atoms with Gasteiger partial charge in [0.2, 0.25) is 10.0 Å². The maximum Gasteiger partial charge on any atom is 0.240 e. The first-order valence-corrected chi connectivity index (χ1v) is 11.0. The number of fused-ring (bicyclic) bond motifs is 1. The highest BCUT2D eigenvalue weighted by Crippen LogP contribution is 2.33. The third-order valence-corrected chi connectivity index (χ3v) is 7.08. The van der Waals surface area contributed by atoms with E-state index in [0.29, 0.717) is 5.56 Å². The number of hydrogen-bond donors (Lipinski definition) is 2. The van der Waals surface area contributed by atoms with Gasteiger partial charge in [-0.25, -0.2) is 13.1 Å². The minimum absolute atomic E-state index is 0.107. The topological polar surface area (TPSA) is 85.8 Å². The number of aromatic amines is 1. The Kier molecular flexibility index (Phi) is 5.01. The van der Waals surface area contributed by atoms with Crippen LogP contribution in [0.5, 0.6) is 0 Å². The van der Waals surface area contributed by atoms with Crippen LogP contribution < -0.4 is 4.72 Å². The van der Waals surface area contributed by atoms with Crippen LogP contribution in [0.4, 0.5) is 0 Å². The van der Waals surface area contributed by atoms with Crippen molar-refractivity contribution in [2.45, 2.75) is 10.8 Å². The van der Waals surface area contributed by atoms with Crippen molar-refractivity contribution in [1.29, 1.82) is 5.26 Å². The van der Waals surface area contributed by atoms with Gasteiger partial charge in [-0.2, -0.15) is 5.26 Å². The quantitative estimate of drug-likeness (QED) is 0.502. The summed E-state index contributed by atoms with van der Waals surface area (Å²) >= 11 is 1.60. The lowest BCUT2D eigenvalue weighted by molar-refractivity contribution is 0.578. The Labute approximate surface area is 167 Å². The molecule has 4 aromatic rings. The van der Waals surface area contributed by atoms with Crippen molar-refractivity contribution < 1.29 is 8.42 Å². The molecular weight excluding hydrogens is 390 g/mol. The van der Waals surface area contributed by atoms with E-state index in [1.54, 1.807) is 11.3 Å². The molecule has 2 N–H and O–H groups in total. The van der Waals surface area contributed by atoms with E-state index in [2.05, 4.69) is 9.71 Å². The molecule has 2 aromatic carbocycles. The lowest BCUT2D eigenvalue weighted by atomic mass is 9.97. The van der Waals surface area contributed by atoms with Crippen molar-refractivity contribution in [2.24, 2.45) is 0 Å². The van der Waals surface area contributed by atoms with E-state index in [1.165, 1.54) is 24.3 Å².